The third-order valence-electron chi connectivity index (χ3n) is 2.20. The molecule has 2 nitrogen and oxygen atoms in total. The lowest BCUT2D eigenvalue weighted by atomic mass is 10.1. The Bertz CT molecular complexity index is 415. The molecule has 0 bridgehead atoms. The van der Waals surface area contributed by atoms with Gasteiger partial charge in [-0.2, -0.15) is 5.26 Å². The number of benzene rings is 1. The molecule has 0 aliphatic heterocycles. The van der Waals surface area contributed by atoms with Crippen molar-refractivity contribution in [2.24, 2.45) is 5.92 Å². The number of hydrogen-bond donors (Lipinski definition) is 1. The molecule has 0 aliphatic carbocycles. The van der Waals surface area contributed by atoms with E-state index in [1.54, 1.807) is 0 Å². The Kier molecular flexibility index (Phi) is 4.53. The molecule has 0 amide bonds. The summed E-state index contributed by atoms with van der Waals surface area (Å²) in [4.78, 5) is 0. The maximum atomic E-state index is 13.0. The van der Waals surface area contributed by atoms with E-state index in [1.807, 2.05) is 19.9 Å². The second-order valence-corrected chi connectivity index (χ2v) is 4.16. The minimum absolute atomic E-state index is 0.0875. The van der Waals surface area contributed by atoms with Gasteiger partial charge in [0.15, 0.2) is 17.5 Å². The summed E-state index contributed by atoms with van der Waals surface area (Å²) in [6, 6.07) is 2.70. The van der Waals surface area contributed by atoms with Crippen molar-refractivity contribution in [2.45, 2.75) is 19.9 Å². The summed E-state index contributed by atoms with van der Waals surface area (Å²) in [5.41, 5.74) is 0.0875. The highest BCUT2D eigenvalue weighted by Gasteiger charge is 2.16. The zero-order valence-corrected chi connectivity index (χ0v) is 9.60. The van der Waals surface area contributed by atoms with Crippen molar-refractivity contribution in [3.8, 4) is 6.07 Å². The third kappa shape index (κ3) is 3.46. The SMILES string of the molecule is CC(C)CNC(C#N)c1cc(F)c(F)c(F)c1. The van der Waals surface area contributed by atoms with Gasteiger partial charge >= 0.3 is 0 Å². The van der Waals surface area contributed by atoms with Crippen LogP contribution in [0.2, 0.25) is 0 Å². The van der Waals surface area contributed by atoms with E-state index in [9.17, 15) is 13.2 Å². The Balaban J connectivity index is 2.94. The summed E-state index contributed by atoms with van der Waals surface area (Å²) < 4.78 is 38.7. The molecule has 1 aromatic carbocycles. The van der Waals surface area contributed by atoms with E-state index in [-0.39, 0.29) is 5.56 Å². The van der Waals surface area contributed by atoms with E-state index in [1.165, 1.54) is 0 Å². The fraction of sp³-hybridized carbons (Fsp3) is 0.417. The van der Waals surface area contributed by atoms with Gasteiger partial charge < -0.3 is 0 Å². The number of nitriles is 1. The van der Waals surface area contributed by atoms with Gasteiger partial charge in [0, 0.05) is 0 Å². The standard InChI is InChI=1S/C12H13F3N2/c1-7(2)6-17-11(5-16)8-3-9(13)12(15)10(14)4-8/h3-4,7,11,17H,6H2,1-2H3. The zero-order valence-electron chi connectivity index (χ0n) is 9.60. The third-order valence-corrected chi connectivity index (χ3v) is 2.20. The van der Waals surface area contributed by atoms with E-state index in [0.717, 1.165) is 12.1 Å². The quantitative estimate of drug-likeness (QED) is 0.824. The number of hydrogen-bond acceptors (Lipinski definition) is 2. The van der Waals surface area contributed by atoms with Gasteiger partial charge in [-0.1, -0.05) is 13.8 Å². The Morgan fingerprint density at radius 1 is 1.24 bits per heavy atom. The van der Waals surface area contributed by atoms with E-state index >= 15 is 0 Å². The van der Waals surface area contributed by atoms with Crippen molar-refractivity contribution in [3.63, 3.8) is 0 Å². The molecule has 1 rings (SSSR count). The van der Waals surface area contributed by atoms with Crippen molar-refractivity contribution in [2.75, 3.05) is 6.54 Å². The molecule has 5 heteroatoms. The average molecular weight is 242 g/mol. The van der Waals surface area contributed by atoms with Crippen LogP contribution in [0.15, 0.2) is 12.1 Å². The van der Waals surface area contributed by atoms with E-state index < -0.39 is 23.5 Å². The van der Waals surface area contributed by atoms with Crippen LogP contribution in [0, 0.1) is 34.7 Å². The molecule has 0 saturated carbocycles. The molecule has 1 atom stereocenters. The van der Waals surface area contributed by atoms with Gasteiger partial charge in [-0.15, -0.1) is 0 Å². The second kappa shape index (κ2) is 5.69. The Morgan fingerprint density at radius 3 is 2.18 bits per heavy atom. The zero-order chi connectivity index (χ0) is 13.0. The van der Waals surface area contributed by atoms with E-state index in [0.29, 0.717) is 12.5 Å². The van der Waals surface area contributed by atoms with Crippen molar-refractivity contribution in [3.05, 3.63) is 35.1 Å². The summed E-state index contributed by atoms with van der Waals surface area (Å²) in [5.74, 6) is -3.80. The summed E-state index contributed by atoms with van der Waals surface area (Å²) in [7, 11) is 0. The lowest BCUT2D eigenvalue weighted by molar-refractivity contribution is 0.441. The van der Waals surface area contributed by atoms with Crippen LogP contribution in [0.3, 0.4) is 0 Å². The fourth-order valence-corrected chi connectivity index (χ4v) is 1.33. The molecule has 0 heterocycles. The van der Waals surface area contributed by atoms with Crippen LogP contribution in [0.4, 0.5) is 13.2 Å². The highest BCUT2D eigenvalue weighted by Crippen LogP contribution is 2.19. The van der Waals surface area contributed by atoms with Crippen LogP contribution < -0.4 is 5.32 Å². The average Bonchev–Trinajstić information content (AvgIpc) is 2.26. The molecular formula is C12H13F3N2. The molecular weight excluding hydrogens is 229 g/mol. The van der Waals surface area contributed by atoms with Crippen molar-refractivity contribution < 1.29 is 13.2 Å². The van der Waals surface area contributed by atoms with Crippen molar-refractivity contribution in [1.82, 2.24) is 5.32 Å². The first kappa shape index (κ1) is 13.5. The van der Waals surface area contributed by atoms with Gasteiger partial charge in [-0.3, -0.25) is 5.32 Å². The number of nitrogens with one attached hydrogen (secondary N) is 1. The topological polar surface area (TPSA) is 35.8 Å². The monoisotopic (exact) mass is 242 g/mol. The maximum absolute atomic E-state index is 13.0. The summed E-state index contributed by atoms with van der Waals surface area (Å²) in [5, 5.41) is 11.7. The molecule has 0 spiro atoms. The van der Waals surface area contributed by atoms with Crippen LogP contribution in [0.5, 0.6) is 0 Å². The summed E-state index contributed by atoms with van der Waals surface area (Å²) >= 11 is 0. The lowest BCUT2D eigenvalue weighted by Crippen LogP contribution is -2.24. The van der Waals surface area contributed by atoms with Gasteiger partial charge in [0.1, 0.15) is 6.04 Å². The Labute approximate surface area is 98.1 Å². The van der Waals surface area contributed by atoms with E-state index in [4.69, 9.17) is 5.26 Å². The summed E-state index contributed by atoms with van der Waals surface area (Å²) in [6.07, 6.45) is 0. The predicted molar refractivity (Wildman–Crippen MR) is 57.5 cm³/mol. The smallest absolute Gasteiger partial charge is 0.194 e. The molecule has 1 aromatic rings. The molecule has 0 aliphatic rings. The second-order valence-electron chi connectivity index (χ2n) is 4.16. The highest BCUT2D eigenvalue weighted by molar-refractivity contribution is 5.26. The molecule has 0 saturated heterocycles. The van der Waals surface area contributed by atoms with Gasteiger partial charge in [0.05, 0.1) is 6.07 Å². The molecule has 92 valence electrons. The Morgan fingerprint density at radius 2 is 1.76 bits per heavy atom. The molecule has 0 radical (unpaired) electrons. The van der Waals surface area contributed by atoms with Crippen LogP contribution in [0.1, 0.15) is 25.5 Å². The van der Waals surface area contributed by atoms with Crippen LogP contribution in [-0.4, -0.2) is 6.54 Å². The first-order valence-electron chi connectivity index (χ1n) is 5.23. The fourth-order valence-electron chi connectivity index (χ4n) is 1.33. The van der Waals surface area contributed by atoms with Gasteiger partial charge in [0.2, 0.25) is 0 Å². The van der Waals surface area contributed by atoms with Crippen molar-refractivity contribution >= 4 is 0 Å². The predicted octanol–water partition coefficient (Wildman–Crippen LogP) is 2.91. The number of halogens is 3. The number of nitrogens with zero attached hydrogens (tertiary/aromatic N) is 1. The number of rotatable bonds is 4. The van der Waals surface area contributed by atoms with E-state index in [2.05, 4.69) is 5.32 Å². The van der Waals surface area contributed by atoms with Crippen LogP contribution in [0.25, 0.3) is 0 Å². The van der Waals surface area contributed by atoms with Gasteiger partial charge in [-0.05, 0) is 30.2 Å². The summed E-state index contributed by atoms with van der Waals surface area (Å²) in [6.45, 7) is 4.40. The molecule has 17 heavy (non-hydrogen) atoms. The largest absolute Gasteiger partial charge is 0.298 e. The van der Waals surface area contributed by atoms with Crippen LogP contribution >= 0.6 is 0 Å². The van der Waals surface area contributed by atoms with Gasteiger partial charge in [0.25, 0.3) is 0 Å². The van der Waals surface area contributed by atoms with Crippen LogP contribution in [-0.2, 0) is 0 Å². The molecule has 1 N–H and O–H groups in total. The first-order valence-corrected chi connectivity index (χ1v) is 5.23. The lowest BCUT2D eigenvalue weighted by Gasteiger charge is -2.14. The normalized spacial score (nSPS) is 12.5. The minimum Gasteiger partial charge on any atom is -0.298 e. The molecule has 0 fully saturated rings. The Hall–Kier alpha value is -1.54. The molecule has 0 aromatic heterocycles. The van der Waals surface area contributed by atoms with Gasteiger partial charge in [-0.25, -0.2) is 13.2 Å². The molecule has 1 unspecified atom stereocenters. The van der Waals surface area contributed by atoms with Crippen molar-refractivity contribution in [1.29, 1.82) is 5.26 Å². The first-order chi connectivity index (χ1) is 7.95. The maximum Gasteiger partial charge on any atom is 0.194 e. The minimum atomic E-state index is -1.52. The highest BCUT2D eigenvalue weighted by atomic mass is 19.2.